The minimum Gasteiger partial charge on any atom is -0.465 e. The molecule has 8 heteroatoms. The second-order valence-corrected chi connectivity index (χ2v) is 9.38. The van der Waals surface area contributed by atoms with Crippen LogP contribution in [0.2, 0.25) is 0 Å². The molecule has 0 aromatic heterocycles. The summed E-state index contributed by atoms with van der Waals surface area (Å²) in [7, 11) is -3.93. The number of amides is 2. The Morgan fingerprint density at radius 2 is 1.74 bits per heavy atom. The van der Waals surface area contributed by atoms with Crippen molar-refractivity contribution in [2.45, 2.75) is 38.6 Å². The van der Waals surface area contributed by atoms with Gasteiger partial charge < -0.3 is 15.4 Å². The van der Waals surface area contributed by atoms with Crippen LogP contribution < -0.4 is 10.6 Å². The summed E-state index contributed by atoms with van der Waals surface area (Å²) in [6, 6.07) is 10.8. The minimum atomic E-state index is -3.93. The highest BCUT2D eigenvalue weighted by atomic mass is 32.2. The fourth-order valence-corrected chi connectivity index (χ4v) is 4.70. The molecule has 0 saturated carbocycles. The first-order chi connectivity index (χ1) is 14.6. The van der Waals surface area contributed by atoms with Crippen molar-refractivity contribution in [2.24, 2.45) is 5.92 Å². The van der Waals surface area contributed by atoms with Gasteiger partial charge in [0.1, 0.15) is 5.92 Å². The Balaban J connectivity index is 2.10. The SMILES string of the molecule is CCOC(=O)[C@H]1/C(=C\S(=O)(=O)c2ccc(C)c(C)c2)NC(=O)N[C@H]1c1ccc(C)cc1. The van der Waals surface area contributed by atoms with Crippen LogP contribution in [-0.4, -0.2) is 27.0 Å². The Labute approximate surface area is 182 Å². The summed E-state index contributed by atoms with van der Waals surface area (Å²) in [6.07, 6.45) is 0. The zero-order chi connectivity index (χ0) is 22.8. The maximum atomic E-state index is 13.1. The summed E-state index contributed by atoms with van der Waals surface area (Å²) in [4.78, 5) is 25.3. The summed E-state index contributed by atoms with van der Waals surface area (Å²) in [5, 5.41) is 6.18. The highest BCUT2D eigenvalue weighted by Crippen LogP contribution is 2.32. The number of aryl methyl sites for hydroxylation is 3. The van der Waals surface area contributed by atoms with E-state index < -0.39 is 33.8 Å². The molecule has 1 fully saturated rings. The number of nitrogens with one attached hydrogen (secondary N) is 2. The summed E-state index contributed by atoms with van der Waals surface area (Å²) in [5.41, 5.74) is 3.46. The second-order valence-electron chi connectivity index (χ2n) is 7.58. The van der Waals surface area contributed by atoms with Gasteiger partial charge >= 0.3 is 12.0 Å². The van der Waals surface area contributed by atoms with Crippen molar-refractivity contribution in [2.75, 3.05) is 6.61 Å². The molecule has 0 radical (unpaired) electrons. The summed E-state index contributed by atoms with van der Waals surface area (Å²) >= 11 is 0. The summed E-state index contributed by atoms with van der Waals surface area (Å²) in [5.74, 6) is -1.66. The van der Waals surface area contributed by atoms with E-state index in [-0.39, 0.29) is 17.2 Å². The lowest BCUT2D eigenvalue weighted by molar-refractivity contribution is -0.147. The van der Waals surface area contributed by atoms with E-state index in [1.165, 1.54) is 6.07 Å². The van der Waals surface area contributed by atoms with Gasteiger partial charge in [-0.3, -0.25) is 4.79 Å². The van der Waals surface area contributed by atoms with Crippen LogP contribution in [0.15, 0.2) is 58.5 Å². The second kappa shape index (κ2) is 8.93. The smallest absolute Gasteiger partial charge is 0.319 e. The molecule has 7 nitrogen and oxygen atoms in total. The number of esters is 1. The number of sulfone groups is 1. The van der Waals surface area contributed by atoms with E-state index in [4.69, 9.17) is 4.74 Å². The van der Waals surface area contributed by atoms with E-state index >= 15 is 0 Å². The molecule has 2 N–H and O–H groups in total. The third kappa shape index (κ3) is 4.96. The molecule has 31 heavy (non-hydrogen) atoms. The molecule has 1 heterocycles. The number of ether oxygens (including phenoxy) is 1. The van der Waals surface area contributed by atoms with Crippen molar-refractivity contribution >= 4 is 21.8 Å². The molecule has 3 rings (SSSR count). The Hall–Kier alpha value is -3.13. The van der Waals surface area contributed by atoms with E-state index in [1.54, 1.807) is 31.2 Å². The number of benzene rings is 2. The zero-order valence-electron chi connectivity index (χ0n) is 17.9. The van der Waals surface area contributed by atoms with Gasteiger partial charge in [-0.25, -0.2) is 13.2 Å². The Bertz CT molecular complexity index is 1140. The van der Waals surface area contributed by atoms with E-state index in [0.717, 1.165) is 22.1 Å². The van der Waals surface area contributed by atoms with Gasteiger partial charge in [-0.15, -0.1) is 0 Å². The molecule has 2 atom stereocenters. The van der Waals surface area contributed by atoms with Crippen molar-refractivity contribution in [3.63, 3.8) is 0 Å². The number of carbonyl (C=O) groups is 2. The fraction of sp³-hybridized carbons (Fsp3) is 0.304. The molecular formula is C23H26N2O5S. The lowest BCUT2D eigenvalue weighted by Gasteiger charge is -2.33. The quantitative estimate of drug-likeness (QED) is 0.691. The topological polar surface area (TPSA) is 102 Å². The number of rotatable bonds is 5. The van der Waals surface area contributed by atoms with Crippen LogP contribution in [0, 0.1) is 26.7 Å². The Morgan fingerprint density at radius 3 is 2.35 bits per heavy atom. The maximum Gasteiger partial charge on any atom is 0.319 e. The largest absolute Gasteiger partial charge is 0.465 e. The van der Waals surface area contributed by atoms with Gasteiger partial charge in [-0.2, -0.15) is 0 Å². The van der Waals surface area contributed by atoms with Crippen molar-refractivity contribution in [3.05, 3.63) is 75.8 Å². The van der Waals surface area contributed by atoms with Gasteiger partial charge in [0, 0.05) is 5.70 Å². The van der Waals surface area contributed by atoms with Gasteiger partial charge in [-0.1, -0.05) is 35.9 Å². The van der Waals surface area contributed by atoms with E-state index in [2.05, 4.69) is 10.6 Å². The average molecular weight is 443 g/mol. The first-order valence-corrected chi connectivity index (χ1v) is 11.5. The number of hydrogen-bond acceptors (Lipinski definition) is 5. The highest BCUT2D eigenvalue weighted by molar-refractivity contribution is 7.94. The van der Waals surface area contributed by atoms with Crippen LogP contribution in [-0.2, 0) is 19.4 Å². The molecule has 1 aliphatic rings. The molecular weight excluding hydrogens is 416 g/mol. The van der Waals surface area contributed by atoms with E-state index in [0.29, 0.717) is 5.56 Å². The summed E-state index contributed by atoms with van der Waals surface area (Å²) < 4.78 is 31.4. The van der Waals surface area contributed by atoms with E-state index in [9.17, 15) is 18.0 Å². The predicted molar refractivity (Wildman–Crippen MR) is 117 cm³/mol. The molecule has 0 unspecified atom stereocenters. The van der Waals surface area contributed by atoms with Crippen molar-refractivity contribution in [1.29, 1.82) is 0 Å². The van der Waals surface area contributed by atoms with E-state index in [1.807, 2.05) is 32.9 Å². The molecule has 0 spiro atoms. The minimum absolute atomic E-state index is 0.0222. The molecule has 0 aliphatic carbocycles. The van der Waals surface area contributed by atoms with Crippen LogP contribution in [0.1, 0.15) is 35.2 Å². The third-order valence-corrected chi connectivity index (χ3v) is 6.75. The molecule has 1 saturated heterocycles. The standard InChI is InChI=1S/C23H26N2O5S/c1-5-30-22(26)20-19(13-31(28,29)18-11-8-15(3)16(4)12-18)24-23(27)25-21(20)17-9-6-14(2)7-10-17/h6-13,20-21H,5H2,1-4H3,(H2,24,25,27)/b19-13+/t20-,21-/m0/s1. The van der Waals surface area contributed by atoms with Crippen molar-refractivity contribution in [1.82, 2.24) is 10.6 Å². The van der Waals surface area contributed by atoms with Gasteiger partial charge in [0.05, 0.1) is 23.0 Å². The van der Waals surface area contributed by atoms with Crippen LogP contribution >= 0.6 is 0 Å². The molecule has 2 amide bonds. The first-order valence-electron chi connectivity index (χ1n) is 9.97. The van der Waals surface area contributed by atoms with Crippen LogP contribution in [0.4, 0.5) is 4.79 Å². The monoisotopic (exact) mass is 442 g/mol. The molecule has 0 bridgehead atoms. The van der Waals surface area contributed by atoms with Crippen LogP contribution in [0.3, 0.4) is 0 Å². The first kappa shape index (κ1) is 22.6. The van der Waals surface area contributed by atoms with Gasteiger partial charge in [0.25, 0.3) is 0 Å². The number of hydrogen-bond donors (Lipinski definition) is 2. The molecule has 1 aliphatic heterocycles. The Kier molecular flexibility index (Phi) is 6.50. The normalized spacial score (nSPS) is 20.1. The fourth-order valence-electron chi connectivity index (χ4n) is 3.42. The lowest BCUT2D eigenvalue weighted by Crippen LogP contribution is -2.51. The van der Waals surface area contributed by atoms with Gasteiger partial charge in [-0.05, 0) is 56.5 Å². The Morgan fingerprint density at radius 1 is 1.06 bits per heavy atom. The number of urea groups is 1. The van der Waals surface area contributed by atoms with Gasteiger partial charge in [0.15, 0.2) is 0 Å². The maximum absolute atomic E-state index is 13.1. The van der Waals surface area contributed by atoms with Crippen LogP contribution in [0.25, 0.3) is 0 Å². The zero-order valence-corrected chi connectivity index (χ0v) is 18.7. The number of carbonyl (C=O) groups excluding carboxylic acids is 2. The third-order valence-electron chi connectivity index (χ3n) is 5.28. The average Bonchev–Trinajstić information content (AvgIpc) is 2.70. The molecule has 164 valence electrons. The van der Waals surface area contributed by atoms with Crippen molar-refractivity contribution in [3.8, 4) is 0 Å². The van der Waals surface area contributed by atoms with Gasteiger partial charge in [0.2, 0.25) is 9.84 Å². The summed E-state index contributed by atoms with van der Waals surface area (Å²) in [6.45, 7) is 7.43. The highest BCUT2D eigenvalue weighted by Gasteiger charge is 2.40. The molecule has 2 aromatic carbocycles. The molecule has 2 aromatic rings. The lowest BCUT2D eigenvalue weighted by atomic mass is 9.88. The van der Waals surface area contributed by atoms with Crippen LogP contribution in [0.5, 0.6) is 0 Å². The van der Waals surface area contributed by atoms with Crippen molar-refractivity contribution < 1.29 is 22.7 Å². The predicted octanol–water partition coefficient (Wildman–Crippen LogP) is 3.46.